The molecule has 0 aromatic heterocycles. The smallest absolute Gasteiger partial charge is 0.410 e. The van der Waals surface area contributed by atoms with E-state index in [0.717, 1.165) is 25.9 Å². The minimum absolute atomic E-state index is 0.141. The van der Waals surface area contributed by atoms with E-state index < -0.39 is 13.9 Å². The van der Waals surface area contributed by atoms with Crippen molar-refractivity contribution in [3.63, 3.8) is 0 Å². The monoisotopic (exact) mass is 446 g/mol. The zero-order valence-electron chi connectivity index (χ0n) is 20.8. The van der Waals surface area contributed by atoms with Gasteiger partial charge in [-0.05, 0) is 57.3 Å². The van der Waals surface area contributed by atoms with Crippen LogP contribution in [0.15, 0.2) is 30.3 Å². The summed E-state index contributed by atoms with van der Waals surface area (Å²) in [4.78, 5) is 17.7. The van der Waals surface area contributed by atoms with Gasteiger partial charge in [0, 0.05) is 19.1 Å². The number of amides is 1. The van der Waals surface area contributed by atoms with Crippen molar-refractivity contribution in [2.75, 3.05) is 13.2 Å². The number of carbonyl (C=O) groups excluding carboxylic acids is 1. The molecule has 3 atom stereocenters. The van der Waals surface area contributed by atoms with Gasteiger partial charge in [-0.25, -0.2) is 4.79 Å². The van der Waals surface area contributed by atoms with E-state index in [1.165, 1.54) is 5.56 Å². The Morgan fingerprint density at radius 1 is 1.06 bits per heavy atom. The summed E-state index contributed by atoms with van der Waals surface area (Å²) in [5.74, 6) is 0. The molecule has 0 spiro atoms. The summed E-state index contributed by atoms with van der Waals surface area (Å²) in [6.45, 7) is 19.7. The molecule has 3 rings (SSSR count). The predicted octanol–water partition coefficient (Wildman–Crippen LogP) is 5.66. The fraction of sp³-hybridized carbons (Fsp3) is 0.720. The molecule has 2 heterocycles. The van der Waals surface area contributed by atoms with Gasteiger partial charge in [0.05, 0.1) is 18.7 Å². The van der Waals surface area contributed by atoms with E-state index in [1.54, 1.807) is 0 Å². The molecule has 2 fully saturated rings. The third-order valence-corrected chi connectivity index (χ3v) is 11.7. The lowest BCUT2D eigenvalue weighted by Crippen LogP contribution is -2.63. The second-order valence-corrected chi connectivity index (χ2v) is 16.5. The van der Waals surface area contributed by atoms with E-state index in [0.29, 0.717) is 6.61 Å². The van der Waals surface area contributed by atoms with Crippen molar-refractivity contribution < 1.29 is 14.0 Å². The van der Waals surface area contributed by atoms with E-state index in [4.69, 9.17) is 9.16 Å². The Kier molecular flexibility index (Phi) is 6.95. The molecule has 0 radical (unpaired) electrons. The molecule has 2 bridgehead atoms. The van der Waals surface area contributed by atoms with Gasteiger partial charge in [0.1, 0.15) is 5.60 Å². The second kappa shape index (κ2) is 8.87. The van der Waals surface area contributed by atoms with Gasteiger partial charge in [0.15, 0.2) is 8.32 Å². The Balaban J connectivity index is 1.83. The molecule has 0 saturated carbocycles. The summed E-state index contributed by atoms with van der Waals surface area (Å²) in [5.41, 5.74) is 0.829. The maximum atomic E-state index is 13.1. The van der Waals surface area contributed by atoms with Crippen LogP contribution in [0, 0.1) is 0 Å². The zero-order chi connectivity index (χ0) is 23.0. The van der Waals surface area contributed by atoms with Crippen LogP contribution >= 0.6 is 0 Å². The van der Waals surface area contributed by atoms with Gasteiger partial charge in [-0.1, -0.05) is 51.1 Å². The minimum atomic E-state index is -1.89. The molecule has 5 nitrogen and oxygen atoms in total. The fourth-order valence-electron chi connectivity index (χ4n) is 4.44. The Hall–Kier alpha value is -1.37. The molecule has 1 amide bonds. The summed E-state index contributed by atoms with van der Waals surface area (Å²) in [7, 11) is -1.89. The van der Waals surface area contributed by atoms with E-state index >= 15 is 0 Å². The SMILES string of the molecule is CC(C)(C)OC(=O)N1[C@H]2CC[C@@H]1[C@@H](CO[Si](C)(C)C(C)(C)C)N(Cc1ccccc1)C2. The van der Waals surface area contributed by atoms with Crippen molar-refractivity contribution in [3.05, 3.63) is 35.9 Å². The van der Waals surface area contributed by atoms with Crippen LogP contribution in [0.5, 0.6) is 0 Å². The van der Waals surface area contributed by atoms with Gasteiger partial charge < -0.3 is 9.16 Å². The number of fused-ring (bicyclic) bond motifs is 2. The fourth-order valence-corrected chi connectivity index (χ4v) is 5.46. The third-order valence-electron chi connectivity index (χ3n) is 7.16. The molecule has 0 aliphatic carbocycles. The first-order chi connectivity index (χ1) is 14.3. The van der Waals surface area contributed by atoms with Gasteiger partial charge in [-0.3, -0.25) is 9.80 Å². The van der Waals surface area contributed by atoms with Gasteiger partial charge in [0.2, 0.25) is 0 Å². The number of hydrogen-bond donors (Lipinski definition) is 0. The highest BCUT2D eigenvalue weighted by molar-refractivity contribution is 6.74. The summed E-state index contributed by atoms with van der Waals surface area (Å²) in [6.07, 6.45) is 1.88. The molecule has 2 aliphatic heterocycles. The molecular formula is C25H42N2O3Si. The zero-order valence-corrected chi connectivity index (χ0v) is 21.8. The standard InChI is InChI=1S/C25H42N2O3Si/c1-24(2,3)30-23(28)27-20-14-15-21(27)22(18-29-31(7,8)25(4,5)6)26(17-20)16-19-12-10-9-11-13-19/h9-13,20-22H,14-18H2,1-8H3/t20-,21+,22+/m0/s1. The highest BCUT2D eigenvalue weighted by Gasteiger charge is 2.50. The van der Waals surface area contributed by atoms with Crippen LogP contribution in [0.3, 0.4) is 0 Å². The number of benzene rings is 1. The molecule has 2 aliphatic rings. The molecule has 0 unspecified atom stereocenters. The van der Waals surface area contributed by atoms with Crippen molar-refractivity contribution in [2.24, 2.45) is 0 Å². The third kappa shape index (κ3) is 5.71. The molecule has 174 valence electrons. The van der Waals surface area contributed by atoms with Crippen LogP contribution in [0.25, 0.3) is 0 Å². The lowest BCUT2D eigenvalue weighted by molar-refractivity contribution is -0.0340. The Labute approximate surface area is 190 Å². The first kappa shape index (κ1) is 24.3. The minimum Gasteiger partial charge on any atom is -0.444 e. The molecule has 1 aromatic rings. The van der Waals surface area contributed by atoms with Crippen molar-refractivity contribution in [3.8, 4) is 0 Å². The number of hydrogen-bond acceptors (Lipinski definition) is 4. The maximum Gasteiger partial charge on any atom is 0.410 e. The van der Waals surface area contributed by atoms with Crippen molar-refractivity contribution in [1.29, 1.82) is 0 Å². The van der Waals surface area contributed by atoms with Gasteiger partial charge in [-0.2, -0.15) is 0 Å². The van der Waals surface area contributed by atoms with Gasteiger partial charge in [0.25, 0.3) is 0 Å². The number of nitrogens with zero attached hydrogens (tertiary/aromatic N) is 2. The largest absolute Gasteiger partial charge is 0.444 e. The molecule has 31 heavy (non-hydrogen) atoms. The van der Waals surface area contributed by atoms with E-state index in [-0.39, 0.29) is 29.3 Å². The van der Waals surface area contributed by atoms with Gasteiger partial charge >= 0.3 is 6.09 Å². The van der Waals surface area contributed by atoms with Crippen LogP contribution in [0.2, 0.25) is 18.1 Å². The Bertz CT molecular complexity index is 754. The number of likely N-dealkylation sites (tertiary alicyclic amines) is 1. The van der Waals surface area contributed by atoms with Crippen LogP contribution < -0.4 is 0 Å². The van der Waals surface area contributed by atoms with Crippen molar-refractivity contribution in [2.45, 2.75) is 103 Å². The molecule has 0 N–H and O–H groups in total. The van der Waals surface area contributed by atoms with Crippen LogP contribution in [-0.2, 0) is 15.7 Å². The summed E-state index contributed by atoms with van der Waals surface area (Å²) in [5, 5.41) is 0.162. The summed E-state index contributed by atoms with van der Waals surface area (Å²) in [6, 6.07) is 11.2. The normalized spacial score (nSPS) is 25.0. The first-order valence-electron chi connectivity index (χ1n) is 11.7. The quantitative estimate of drug-likeness (QED) is 0.547. The molecule has 2 saturated heterocycles. The highest BCUT2D eigenvalue weighted by atomic mass is 28.4. The number of ether oxygens (including phenoxy) is 1. The predicted molar refractivity (Wildman–Crippen MR) is 129 cm³/mol. The Morgan fingerprint density at radius 2 is 1.71 bits per heavy atom. The van der Waals surface area contributed by atoms with Crippen LogP contribution in [-0.4, -0.2) is 61.1 Å². The van der Waals surface area contributed by atoms with Gasteiger partial charge in [-0.15, -0.1) is 0 Å². The number of carbonyl (C=O) groups is 1. The molecule has 6 heteroatoms. The van der Waals surface area contributed by atoms with E-state index in [2.05, 4.69) is 69.1 Å². The summed E-state index contributed by atoms with van der Waals surface area (Å²) >= 11 is 0. The average molecular weight is 447 g/mol. The van der Waals surface area contributed by atoms with E-state index in [1.807, 2.05) is 25.7 Å². The molecule has 1 aromatic carbocycles. The topological polar surface area (TPSA) is 42.0 Å². The first-order valence-corrected chi connectivity index (χ1v) is 14.6. The Morgan fingerprint density at radius 3 is 2.29 bits per heavy atom. The van der Waals surface area contributed by atoms with Crippen molar-refractivity contribution in [1.82, 2.24) is 9.80 Å². The highest BCUT2D eigenvalue weighted by Crippen LogP contribution is 2.40. The number of rotatable bonds is 5. The average Bonchev–Trinajstić information content (AvgIpc) is 2.96. The van der Waals surface area contributed by atoms with Crippen LogP contribution in [0.4, 0.5) is 4.79 Å². The maximum absolute atomic E-state index is 13.1. The summed E-state index contributed by atoms with van der Waals surface area (Å²) < 4.78 is 12.5. The second-order valence-electron chi connectivity index (χ2n) is 11.7. The lowest BCUT2D eigenvalue weighted by atomic mass is 10.0. The molecular weight excluding hydrogens is 404 g/mol. The van der Waals surface area contributed by atoms with E-state index in [9.17, 15) is 4.79 Å². The number of piperazine rings is 1. The van der Waals surface area contributed by atoms with Crippen molar-refractivity contribution >= 4 is 14.4 Å². The lowest BCUT2D eigenvalue weighted by Gasteiger charge is -2.48. The van der Waals surface area contributed by atoms with Crippen LogP contribution in [0.1, 0.15) is 59.9 Å².